The minimum atomic E-state index is -0.446. The summed E-state index contributed by atoms with van der Waals surface area (Å²) in [6, 6.07) is 15.9. The van der Waals surface area contributed by atoms with Crippen molar-refractivity contribution in [3.05, 3.63) is 59.7 Å². The van der Waals surface area contributed by atoms with E-state index in [1.54, 1.807) is 6.92 Å². The van der Waals surface area contributed by atoms with Gasteiger partial charge in [0.15, 0.2) is 0 Å². The van der Waals surface area contributed by atoms with Gasteiger partial charge in [-0.05, 0) is 37.0 Å². The molecule has 6 nitrogen and oxygen atoms in total. The number of aryl methyl sites for hydroxylation is 1. The van der Waals surface area contributed by atoms with Crippen molar-refractivity contribution in [3.8, 4) is 11.1 Å². The Morgan fingerprint density at radius 1 is 0.967 bits per heavy atom. The molecule has 0 aliphatic rings. The Bertz CT molecular complexity index is 860. The molecule has 160 valence electrons. The van der Waals surface area contributed by atoms with E-state index in [0.29, 0.717) is 6.42 Å². The zero-order valence-electron chi connectivity index (χ0n) is 17.8. The van der Waals surface area contributed by atoms with E-state index in [-0.39, 0.29) is 37.7 Å². The van der Waals surface area contributed by atoms with Gasteiger partial charge in [0.05, 0.1) is 26.6 Å². The largest absolute Gasteiger partial charge is 0.469 e. The van der Waals surface area contributed by atoms with Gasteiger partial charge in [-0.3, -0.25) is 14.4 Å². The summed E-state index contributed by atoms with van der Waals surface area (Å²) in [5.74, 6) is -1.11. The van der Waals surface area contributed by atoms with E-state index < -0.39 is 12.0 Å². The first kappa shape index (κ1) is 23.1. The van der Waals surface area contributed by atoms with Crippen LogP contribution in [0.2, 0.25) is 0 Å². The number of carbonyl (C=O) groups excluding carboxylic acids is 3. The number of benzene rings is 2. The van der Waals surface area contributed by atoms with Gasteiger partial charge in [-0.15, -0.1) is 0 Å². The zero-order chi connectivity index (χ0) is 21.9. The summed E-state index contributed by atoms with van der Waals surface area (Å²) in [6.45, 7) is 4.08. The van der Waals surface area contributed by atoms with Gasteiger partial charge in [-0.1, -0.05) is 54.1 Å². The standard InChI is InChI=1S/C24H29NO5/c1-4-30-24(28)16-21(25-22(26)12-13-23(27)29-3)15-18-8-10-19(11-9-18)20-7-5-6-17(2)14-20/h5-11,14,21H,4,12-13,15-16H2,1-3H3,(H,25,26). The summed E-state index contributed by atoms with van der Waals surface area (Å²) in [6.07, 6.45) is 0.562. The summed E-state index contributed by atoms with van der Waals surface area (Å²) in [4.78, 5) is 35.4. The molecule has 0 spiro atoms. The molecule has 0 saturated heterocycles. The molecule has 6 heteroatoms. The van der Waals surface area contributed by atoms with Crippen molar-refractivity contribution in [1.82, 2.24) is 5.32 Å². The highest BCUT2D eigenvalue weighted by Crippen LogP contribution is 2.21. The summed E-state index contributed by atoms with van der Waals surface area (Å²) >= 11 is 0. The zero-order valence-corrected chi connectivity index (χ0v) is 17.8. The molecule has 0 fully saturated rings. The number of rotatable bonds is 10. The van der Waals surface area contributed by atoms with Crippen molar-refractivity contribution in [2.45, 2.75) is 45.6 Å². The van der Waals surface area contributed by atoms with Gasteiger partial charge in [0.25, 0.3) is 0 Å². The first-order valence-electron chi connectivity index (χ1n) is 10.1. The predicted octanol–water partition coefficient (Wildman–Crippen LogP) is 3.60. The van der Waals surface area contributed by atoms with E-state index in [9.17, 15) is 14.4 Å². The van der Waals surface area contributed by atoms with Crippen LogP contribution < -0.4 is 5.32 Å². The molecular weight excluding hydrogens is 382 g/mol. The number of hydrogen-bond donors (Lipinski definition) is 1. The Labute approximate surface area is 177 Å². The van der Waals surface area contributed by atoms with E-state index in [4.69, 9.17) is 4.74 Å². The van der Waals surface area contributed by atoms with Gasteiger partial charge in [-0.2, -0.15) is 0 Å². The quantitative estimate of drug-likeness (QED) is 0.604. The third-order valence-electron chi connectivity index (χ3n) is 4.65. The molecule has 1 atom stereocenters. The van der Waals surface area contributed by atoms with Gasteiger partial charge >= 0.3 is 11.9 Å². The molecule has 0 radical (unpaired) electrons. The van der Waals surface area contributed by atoms with Crippen molar-refractivity contribution in [3.63, 3.8) is 0 Å². The number of ether oxygens (including phenoxy) is 2. The third kappa shape index (κ3) is 7.70. The first-order valence-corrected chi connectivity index (χ1v) is 10.1. The maximum absolute atomic E-state index is 12.2. The number of methoxy groups -OCH3 is 1. The molecule has 0 heterocycles. The lowest BCUT2D eigenvalue weighted by molar-refractivity contribution is -0.144. The van der Waals surface area contributed by atoms with Gasteiger partial charge in [-0.25, -0.2) is 0 Å². The average molecular weight is 411 g/mol. The van der Waals surface area contributed by atoms with Crippen LogP contribution in [0.4, 0.5) is 0 Å². The SMILES string of the molecule is CCOC(=O)CC(Cc1ccc(-c2cccc(C)c2)cc1)NC(=O)CCC(=O)OC. The maximum atomic E-state index is 12.2. The third-order valence-corrected chi connectivity index (χ3v) is 4.65. The van der Waals surface area contributed by atoms with E-state index in [1.807, 2.05) is 30.3 Å². The Hall–Kier alpha value is -3.15. The molecule has 2 aromatic carbocycles. The molecule has 30 heavy (non-hydrogen) atoms. The molecule has 1 amide bonds. The predicted molar refractivity (Wildman–Crippen MR) is 115 cm³/mol. The molecule has 0 saturated carbocycles. The van der Waals surface area contributed by atoms with Gasteiger partial charge < -0.3 is 14.8 Å². The monoisotopic (exact) mass is 411 g/mol. The molecule has 2 rings (SSSR count). The lowest BCUT2D eigenvalue weighted by Crippen LogP contribution is -2.38. The summed E-state index contributed by atoms with van der Waals surface area (Å²) in [5, 5.41) is 2.84. The van der Waals surface area contributed by atoms with Crippen molar-refractivity contribution in [1.29, 1.82) is 0 Å². The highest BCUT2D eigenvalue weighted by atomic mass is 16.5. The van der Waals surface area contributed by atoms with Crippen LogP contribution >= 0.6 is 0 Å². The van der Waals surface area contributed by atoms with E-state index >= 15 is 0 Å². The fourth-order valence-electron chi connectivity index (χ4n) is 3.16. The van der Waals surface area contributed by atoms with E-state index in [1.165, 1.54) is 12.7 Å². The number of amides is 1. The van der Waals surface area contributed by atoms with Crippen LogP contribution in [-0.2, 0) is 30.3 Å². The summed E-state index contributed by atoms with van der Waals surface area (Å²) < 4.78 is 9.59. The fourth-order valence-corrected chi connectivity index (χ4v) is 3.16. The molecule has 0 bridgehead atoms. The van der Waals surface area contributed by atoms with Crippen LogP contribution in [0.15, 0.2) is 48.5 Å². The van der Waals surface area contributed by atoms with Crippen molar-refractivity contribution < 1.29 is 23.9 Å². The fraction of sp³-hybridized carbons (Fsp3) is 0.375. The molecule has 2 aromatic rings. The normalized spacial score (nSPS) is 11.4. The van der Waals surface area contributed by atoms with Crippen molar-refractivity contribution in [2.75, 3.05) is 13.7 Å². The highest BCUT2D eigenvalue weighted by Gasteiger charge is 2.18. The Kier molecular flexibility index (Phi) is 9.06. The van der Waals surface area contributed by atoms with Crippen LogP contribution in [0.3, 0.4) is 0 Å². The van der Waals surface area contributed by atoms with Crippen LogP contribution in [0.25, 0.3) is 11.1 Å². The Balaban J connectivity index is 2.05. The topological polar surface area (TPSA) is 81.7 Å². The van der Waals surface area contributed by atoms with Crippen molar-refractivity contribution >= 4 is 17.8 Å². The molecule has 1 unspecified atom stereocenters. The highest BCUT2D eigenvalue weighted by molar-refractivity contribution is 5.82. The number of hydrogen-bond acceptors (Lipinski definition) is 5. The van der Waals surface area contributed by atoms with Crippen LogP contribution in [0.5, 0.6) is 0 Å². The van der Waals surface area contributed by atoms with Crippen LogP contribution in [0, 0.1) is 6.92 Å². The lowest BCUT2D eigenvalue weighted by Gasteiger charge is -2.18. The van der Waals surface area contributed by atoms with E-state index in [0.717, 1.165) is 16.7 Å². The second-order valence-corrected chi connectivity index (χ2v) is 7.12. The molecule has 0 aliphatic carbocycles. The lowest BCUT2D eigenvalue weighted by atomic mass is 9.98. The van der Waals surface area contributed by atoms with Crippen molar-refractivity contribution in [2.24, 2.45) is 0 Å². The van der Waals surface area contributed by atoms with Gasteiger partial charge in [0, 0.05) is 12.5 Å². The maximum Gasteiger partial charge on any atom is 0.307 e. The molecular formula is C24H29NO5. The minimum Gasteiger partial charge on any atom is -0.469 e. The number of esters is 2. The average Bonchev–Trinajstić information content (AvgIpc) is 2.72. The number of carbonyl (C=O) groups is 3. The van der Waals surface area contributed by atoms with Crippen LogP contribution in [-0.4, -0.2) is 37.6 Å². The molecule has 0 aromatic heterocycles. The second kappa shape index (κ2) is 11.8. The Morgan fingerprint density at radius 3 is 2.33 bits per heavy atom. The summed E-state index contributed by atoms with van der Waals surface area (Å²) in [5.41, 5.74) is 4.43. The molecule has 1 N–H and O–H groups in total. The Morgan fingerprint density at radius 2 is 1.70 bits per heavy atom. The minimum absolute atomic E-state index is 0.000348. The van der Waals surface area contributed by atoms with Gasteiger partial charge in [0.2, 0.25) is 5.91 Å². The first-order chi connectivity index (χ1) is 14.4. The molecule has 0 aliphatic heterocycles. The van der Waals surface area contributed by atoms with E-state index in [2.05, 4.69) is 35.2 Å². The summed E-state index contributed by atoms with van der Waals surface area (Å²) in [7, 11) is 1.28. The smallest absolute Gasteiger partial charge is 0.307 e. The second-order valence-electron chi connectivity index (χ2n) is 7.12. The number of nitrogens with one attached hydrogen (secondary N) is 1. The van der Waals surface area contributed by atoms with Gasteiger partial charge in [0.1, 0.15) is 0 Å². The van der Waals surface area contributed by atoms with Crippen LogP contribution in [0.1, 0.15) is 37.3 Å².